The number of carboxylic acid groups (broad SMARTS) is 1. The zero-order chi connectivity index (χ0) is 15.8. The molecule has 0 radical (unpaired) electrons. The Kier molecular flexibility index (Phi) is 7.22. The Hall–Kier alpha value is -1.56. The molecule has 116 valence electrons. The van der Waals surface area contributed by atoms with Crippen LogP contribution in [0.5, 0.6) is 5.75 Å². The zero-order valence-corrected chi connectivity index (χ0v) is 13.8. The summed E-state index contributed by atoms with van der Waals surface area (Å²) in [5.74, 6) is -0.376. The molecule has 6 heteroatoms. The molecule has 0 spiro atoms. The summed E-state index contributed by atoms with van der Waals surface area (Å²) in [5.41, 5.74) is 0. The molecule has 0 aliphatic rings. The minimum Gasteiger partial charge on any atom is -0.484 e. The van der Waals surface area contributed by atoms with Crippen molar-refractivity contribution in [2.24, 2.45) is 0 Å². The molecule has 0 bridgehead atoms. The van der Waals surface area contributed by atoms with Gasteiger partial charge in [0, 0.05) is 23.5 Å². The number of aliphatic carboxylic acids is 1. The first-order chi connectivity index (χ1) is 9.90. The lowest BCUT2D eigenvalue weighted by Crippen LogP contribution is -2.40. The van der Waals surface area contributed by atoms with Crippen molar-refractivity contribution < 1.29 is 19.4 Å². The Morgan fingerprint density at radius 2 is 2.10 bits per heavy atom. The number of halogens is 1. The molecule has 0 saturated heterocycles. The van der Waals surface area contributed by atoms with Crippen LogP contribution in [0.1, 0.15) is 26.7 Å². The third-order valence-electron chi connectivity index (χ3n) is 2.89. The standard InChI is InChI=1S/C15H20BrNO4/c1-11(2)17(8-4-7-15(19)20)14(18)10-21-13-6-3-5-12(16)9-13/h3,5-6,9,11H,4,7-8,10H2,1-2H3,(H,19,20). The van der Waals surface area contributed by atoms with Crippen molar-refractivity contribution in [3.05, 3.63) is 28.7 Å². The van der Waals surface area contributed by atoms with Gasteiger partial charge in [0.1, 0.15) is 5.75 Å². The van der Waals surface area contributed by atoms with E-state index < -0.39 is 5.97 Å². The van der Waals surface area contributed by atoms with E-state index in [9.17, 15) is 9.59 Å². The third kappa shape index (κ3) is 6.62. The SMILES string of the molecule is CC(C)N(CCCC(=O)O)C(=O)COc1cccc(Br)c1. The van der Waals surface area contributed by atoms with Gasteiger partial charge < -0.3 is 14.7 Å². The van der Waals surface area contributed by atoms with Gasteiger partial charge in [-0.15, -0.1) is 0 Å². The van der Waals surface area contributed by atoms with Crippen molar-refractivity contribution in [3.63, 3.8) is 0 Å². The first-order valence-corrected chi connectivity index (χ1v) is 7.59. The fourth-order valence-corrected chi connectivity index (χ4v) is 2.23. The number of carbonyl (C=O) groups excluding carboxylic acids is 1. The van der Waals surface area contributed by atoms with Crippen molar-refractivity contribution in [3.8, 4) is 5.75 Å². The van der Waals surface area contributed by atoms with Crippen molar-refractivity contribution in [1.82, 2.24) is 4.90 Å². The lowest BCUT2D eigenvalue weighted by Gasteiger charge is -2.26. The highest BCUT2D eigenvalue weighted by Crippen LogP contribution is 2.17. The van der Waals surface area contributed by atoms with Crippen LogP contribution >= 0.6 is 15.9 Å². The number of amides is 1. The Bertz CT molecular complexity index is 490. The van der Waals surface area contributed by atoms with Crippen LogP contribution in [0.4, 0.5) is 0 Å². The van der Waals surface area contributed by atoms with Crippen molar-refractivity contribution >= 4 is 27.8 Å². The molecule has 21 heavy (non-hydrogen) atoms. The van der Waals surface area contributed by atoms with Gasteiger partial charge in [0.05, 0.1) is 0 Å². The molecular weight excluding hydrogens is 338 g/mol. The molecule has 0 unspecified atom stereocenters. The molecule has 0 saturated carbocycles. The molecule has 0 aliphatic carbocycles. The van der Waals surface area contributed by atoms with Gasteiger partial charge in [-0.1, -0.05) is 22.0 Å². The van der Waals surface area contributed by atoms with Gasteiger partial charge in [0.15, 0.2) is 6.61 Å². The molecule has 1 aromatic rings. The number of nitrogens with zero attached hydrogens (tertiary/aromatic N) is 1. The molecule has 0 fully saturated rings. The summed E-state index contributed by atoms with van der Waals surface area (Å²) >= 11 is 3.34. The second-order valence-corrected chi connectivity index (χ2v) is 5.84. The van der Waals surface area contributed by atoms with Crippen LogP contribution in [-0.4, -0.2) is 41.1 Å². The van der Waals surface area contributed by atoms with E-state index in [-0.39, 0.29) is 25.0 Å². The average Bonchev–Trinajstić information content (AvgIpc) is 2.40. The summed E-state index contributed by atoms with van der Waals surface area (Å²) < 4.78 is 6.35. The van der Waals surface area contributed by atoms with Gasteiger partial charge in [-0.25, -0.2) is 0 Å². The van der Waals surface area contributed by atoms with E-state index in [0.717, 1.165) is 4.47 Å². The topological polar surface area (TPSA) is 66.8 Å². The maximum Gasteiger partial charge on any atom is 0.303 e. The fourth-order valence-electron chi connectivity index (χ4n) is 1.86. The largest absolute Gasteiger partial charge is 0.484 e. The van der Waals surface area contributed by atoms with E-state index in [4.69, 9.17) is 9.84 Å². The molecule has 0 atom stereocenters. The van der Waals surface area contributed by atoms with Crippen LogP contribution in [0.2, 0.25) is 0 Å². The van der Waals surface area contributed by atoms with Crippen LogP contribution in [-0.2, 0) is 9.59 Å². The summed E-state index contributed by atoms with van der Waals surface area (Å²) in [6.45, 7) is 4.17. The highest BCUT2D eigenvalue weighted by atomic mass is 79.9. The second kappa shape index (κ2) is 8.67. The number of hydrogen-bond acceptors (Lipinski definition) is 3. The van der Waals surface area contributed by atoms with Crippen molar-refractivity contribution in [2.75, 3.05) is 13.2 Å². The van der Waals surface area contributed by atoms with E-state index in [1.165, 1.54) is 0 Å². The minimum atomic E-state index is -0.850. The second-order valence-electron chi connectivity index (χ2n) is 4.92. The van der Waals surface area contributed by atoms with E-state index in [1.54, 1.807) is 17.0 Å². The summed E-state index contributed by atoms with van der Waals surface area (Å²) in [7, 11) is 0. The number of hydrogen-bond donors (Lipinski definition) is 1. The van der Waals surface area contributed by atoms with Gasteiger partial charge in [0.2, 0.25) is 0 Å². The summed E-state index contributed by atoms with van der Waals surface area (Å²) in [6, 6.07) is 7.29. The molecule has 0 heterocycles. The Labute approximate surface area is 133 Å². The van der Waals surface area contributed by atoms with Gasteiger partial charge in [0.25, 0.3) is 5.91 Å². The normalized spacial score (nSPS) is 10.5. The van der Waals surface area contributed by atoms with Crippen LogP contribution in [0.3, 0.4) is 0 Å². The maximum atomic E-state index is 12.2. The molecule has 1 N–H and O–H groups in total. The summed E-state index contributed by atoms with van der Waals surface area (Å²) in [6.07, 6.45) is 0.499. The van der Waals surface area contributed by atoms with Gasteiger partial charge in [-0.2, -0.15) is 0 Å². The highest BCUT2D eigenvalue weighted by Gasteiger charge is 2.17. The average molecular weight is 358 g/mol. The lowest BCUT2D eigenvalue weighted by atomic mass is 10.2. The van der Waals surface area contributed by atoms with Gasteiger partial charge in [-0.05, 0) is 38.5 Å². The van der Waals surface area contributed by atoms with Gasteiger partial charge >= 0.3 is 5.97 Å². The smallest absolute Gasteiger partial charge is 0.303 e. The number of carbonyl (C=O) groups is 2. The molecule has 5 nitrogen and oxygen atoms in total. The first-order valence-electron chi connectivity index (χ1n) is 6.79. The van der Waals surface area contributed by atoms with E-state index >= 15 is 0 Å². The molecule has 1 aromatic carbocycles. The fraction of sp³-hybridized carbons (Fsp3) is 0.467. The van der Waals surface area contributed by atoms with Crippen LogP contribution in [0, 0.1) is 0 Å². The molecular formula is C15H20BrNO4. The molecule has 0 aromatic heterocycles. The molecule has 1 amide bonds. The monoisotopic (exact) mass is 357 g/mol. The van der Waals surface area contributed by atoms with Crippen LogP contribution in [0.25, 0.3) is 0 Å². The van der Waals surface area contributed by atoms with Gasteiger partial charge in [-0.3, -0.25) is 9.59 Å². The van der Waals surface area contributed by atoms with Crippen LogP contribution in [0.15, 0.2) is 28.7 Å². The maximum absolute atomic E-state index is 12.2. The Morgan fingerprint density at radius 1 is 1.38 bits per heavy atom. The Morgan fingerprint density at radius 3 is 2.67 bits per heavy atom. The number of benzene rings is 1. The Balaban J connectivity index is 2.50. The quantitative estimate of drug-likeness (QED) is 0.776. The number of ether oxygens (including phenoxy) is 1. The third-order valence-corrected chi connectivity index (χ3v) is 3.38. The number of carboxylic acids is 1. The highest BCUT2D eigenvalue weighted by molar-refractivity contribution is 9.10. The summed E-state index contributed by atoms with van der Waals surface area (Å²) in [5, 5.41) is 8.65. The van der Waals surface area contributed by atoms with Crippen LogP contribution < -0.4 is 4.74 Å². The summed E-state index contributed by atoms with van der Waals surface area (Å²) in [4.78, 5) is 24.3. The number of rotatable bonds is 8. The van der Waals surface area contributed by atoms with E-state index in [0.29, 0.717) is 18.7 Å². The zero-order valence-electron chi connectivity index (χ0n) is 12.2. The van der Waals surface area contributed by atoms with Crippen molar-refractivity contribution in [1.29, 1.82) is 0 Å². The lowest BCUT2D eigenvalue weighted by molar-refractivity contribution is -0.139. The predicted molar refractivity (Wildman–Crippen MR) is 83.4 cm³/mol. The predicted octanol–water partition coefficient (Wildman–Crippen LogP) is 2.93. The molecule has 1 rings (SSSR count). The van der Waals surface area contributed by atoms with E-state index in [1.807, 2.05) is 26.0 Å². The van der Waals surface area contributed by atoms with E-state index in [2.05, 4.69) is 15.9 Å². The minimum absolute atomic E-state index is 0.0115. The molecule has 0 aliphatic heterocycles. The van der Waals surface area contributed by atoms with Crippen molar-refractivity contribution in [2.45, 2.75) is 32.7 Å². The first kappa shape index (κ1) is 17.5.